The first-order chi connectivity index (χ1) is 13.5. The van der Waals surface area contributed by atoms with Gasteiger partial charge in [-0.1, -0.05) is 0 Å². The van der Waals surface area contributed by atoms with Crippen LogP contribution in [0.3, 0.4) is 0 Å². The van der Waals surface area contributed by atoms with Gasteiger partial charge in [0, 0.05) is 32.5 Å². The number of anilines is 1. The highest BCUT2D eigenvalue weighted by Crippen LogP contribution is 2.16. The number of hydrogen-bond donors (Lipinski definition) is 2. The largest absolute Gasteiger partial charge is 0.491 e. The van der Waals surface area contributed by atoms with Crippen molar-refractivity contribution in [1.29, 1.82) is 0 Å². The molecule has 0 aliphatic rings. The van der Waals surface area contributed by atoms with Crippen LogP contribution in [-0.2, 0) is 19.0 Å². The van der Waals surface area contributed by atoms with E-state index in [1.165, 1.54) is 7.11 Å². The second kappa shape index (κ2) is 17.3. The van der Waals surface area contributed by atoms with Gasteiger partial charge in [-0.05, 0) is 44.5 Å². The van der Waals surface area contributed by atoms with Crippen molar-refractivity contribution in [1.82, 2.24) is 5.32 Å². The summed E-state index contributed by atoms with van der Waals surface area (Å²) in [6, 6.07) is 7.64. The number of hydrogen-bond acceptors (Lipinski definition) is 6. The van der Waals surface area contributed by atoms with Crippen LogP contribution in [0.15, 0.2) is 29.3 Å². The third-order valence-corrected chi connectivity index (χ3v) is 3.49. The molecule has 9 heteroatoms. The maximum Gasteiger partial charge on any atom is 0.307 e. The van der Waals surface area contributed by atoms with E-state index < -0.39 is 0 Å². The fourth-order valence-corrected chi connectivity index (χ4v) is 2.15. The van der Waals surface area contributed by atoms with E-state index in [1.54, 1.807) is 7.11 Å². The molecule has 1 aromatic carbocycles. The fourth-order valence-electron chi connectivity index (χ4n) is 2.15. The Hall–Kier alpha value is -1.59. The Balaban J connectivity index is 0.00000784. The molecule has 8 nitrogen and oxygen atoms in total. The third kappa shape index (κ3) is 14.1. The molecule has 0 saturated heterocycles. The number of benzene rings is 1. The molecule has 0 saturated carbocycles. The van der Waals surface area contributed by atoms with E-state index in [-0.39, 0.29) is 42.5 Å². The number of aliphatic imine (C=N–C) groups is 1. The molecule has 2 N–H and O–H groups in total. The van der Waals surface area contributed by atoms with E-state index in [9.17, 15) is 4.79 Å². The van der Waals surface area contributed by atoms with Gasteiger partial charge in [-0.2, -0.15) is 0 Å². The number of nitrogens with one attached hydrogen (secondary N) is 2. The molecule has 1 aromatic rings. The molecule has 166 valence electrons. The summed E-state index contributed by atoms with van der Waals surface area (Å²) < 4.78 is 20.7. The topological polar surface area (TPSA) is 90.4 Å². The van der Waals surface area contributed by atoms with Crippen LogP contribution in [-0.4, -0.2) is 65.2 Å². The van der Waals surface area contributed by atoms with Gasteiger partial charge in [0.25, 0.3) is 0 Å². The standard InChI is InChI=1S/C20H33N3O5.HI/c1-16(2)28-18-8-6-17(7-9-18)23-20(22-12-10-19(24)26-4)21-11-5-13-27-15-14-25-3;/h6-9,16H,5,10-15H2,1-4H3,(H2,21,22,23);1H. The zero-order valence-electron chi connectivity index (χ0n) is 17.7. The Kier molecular flexibility index (Phi) is 16.3. The molecule has 0 radical (unpaired) electrons. The molecule has 0 aliphatic carbocycles. The maximum atomic E-state index is 11.3. The van der Waals surface area contributed by atoms with Gasteiger partial charge in [0.15, 0.2) is 5.96 Å². The molecule has 0 fully saturated rings. The first-order valence-electron chi connectivity index (χ1n) is 9.50. The van der Waals surface area contributed by atoms with Crippen LogP contribution < -0.4 is 15.4 Å². The van der Waals surface area contributed by atoms with Gasteiger partial charge in [0.1, 0.15) is 5.75 Å². The summed E-state index contributed by atoms with van der Waals surface area (Å²) in [4.78, 5) is 15.8. The number of guanidine groups is 1. The van der Waals surface area contributed by atoms with Crippen molar-refractivity contribution >= 4 is 41.6 Å². The zero-order valence-corrected chi connectivity index (χ0v) is 20.1. The lowest BCUT2D eigenvalue weighted by molar-refractivity contribution is -0.140. The first kappa shape index (κ1) is 27.4. The van der Waals surface area contributed by atoms with Gasteiger partial charge >= 0.3 is 5.97 Å². The average molecular weight is 523 g/mol. The molecule has 0 heterocycles. The number of esters is 1. The van der Waals surface area contributed by atoms with Crippen molar-refractivity contribution < 1.29 is 23.7 Å². The van der Waals surface area contributed by atoms with Crippen molar-refractivity contribution in [3.8, 4) is 5.75 Å². The predicted octanol–water partition coefficient (Wildman–Crippen LogP) is 3.07. The Morgan fingerprint density at radius 1 is 1.10 bits per heavy atom. The summed E-state index contributed by atoms with van der Waals surface area (Å²) >= 11 is 0. The highest BCUT2D eigenvalue weighted by atomic mass is 127. The Morgan fingerprint density at radius 3 is 2.45 bits per heavy atom. The van der Waals surface area contributed by atoms with Gasteiger partial charge in [0.05, 0.1) is 32.8 Å². The smallest absolute Gasteiger partial charge is 0.307 e. The number of carbonyl (C=O) groups is 1. The molecule has 0 aliphatic heterocycles. The van der Waals surface area contributed by atoms with Crippen LogP contribution in [0.4, 0.5) is 5.69 Å². The molecule has 0 bridgehead atoms. The predicted molar refractivity (Wildman–Crippen MR) is 125 cm³/mol. The van der Waals surface area contributed by atoms with Crippen LogP contribution in [0.25, 0.3) is 0 Å². The number of halogens is 1. The fraction of sp³-hybridized carbons (Fsp3) is 0.600. The monoisotopic (exact) mass is 523 g/mol. The number of nitrogens with zero attached hydrogens (tertiary/aromatic N) is 1. The number of carbonyl (C=O) groups excluding carboxylic acids is 1. The van der Waals surface area contributed by atoms with E-state index in [2.05, 4.69) is 20.4 Å². The van der Waals surface area contributed by atoms with Crippen LogP contribution in [0.1, 0.15) is 26.7 Å². The maximum absolute atomic E-state index is 11.3. The molecule has 1 rings (SSSR count). The van der Waals surface area contributed by atoms with Crippen LogP contribution in [0, 0.1) is 0 Å². The summed E-state index contributed by atoms with van der Waals surface area (Å²) in [6.07, 6.45) is 1.18. The Morgan fingerprint density at radius 2 is 1.83 bits per heavy atom. The second-order valence-electron chi connectivity index (χ2n) is 6.26. The van der Waals surface area contributed by atoms with Crippen LogP contribution in [0.2, 0.25) is 0 Å². The van der Waals surface area contributed by atoms with Crippen molar-refractivity contribution in [2.24, 2.45) is 4.99 Å². The minimum Gasteiger partial charge on any atom is -0.491 e. The molecule has 0 amide bonds. The Bertz CT molecular complexity index is 582. The summed E-state index contributed by atoms with van der Waals surface area (Å²) in [5, 5.41) is 6.37. The van der Waals surface area contributed by atoms with Crippen molar-refractivity contribution in [3.05, 3.63) is 24.3 Å². The summed E-state index contributed by atoms with van der Waals surface area (Å²) in [5.74, 6) is 1.14. The molecule has 29 heavy (non-hydrogen) atoms. The van der Waals surface area contributed by atoms with Gasteiger partial charge in [-0.3, -0.25) is 9.79 Å². The molecular formula is C20H34IN3O5. The molecule has 0 unspecified atom stereocenters. The molecular weight excluding hydrogens is 489 g/mol. The lowest BCUT2D eigenvalue weighted by Crippen LogP contribution is -2.33. The van der Waals surface area contributed by atoms with Crippen molar-refractivity contribution in [2.75, 3.05) is 52.4 Å². The summed E-state index contributed by atoms with van der Waals surface area (Å²) in [6.45, 7) is 6.77. The van der Waals surface area contributed by atoms with Gasteiger partial charge in [-0.25, -0.2) is 0 Å². The lowest BCUT2D eigenvalue weighted by atomic mass is 10.3. The van der Waals surface area contributed by atoms with Crippen molar-refractivity contribution in [3.63, 3.8) is 0 Å². The number of ether oxygens (including phenoxy) is 4. The SMILES string of the molecule is COCCOCCCN=C(NCCC(=O)OC)Nc1ccc(OC(C)C)cc1.I. The van der Waals surface area contributed by atoms with Gasteiger partial charge < -0.3 is 29.6 Å². The summed E-state index contributed by atoms with van der Waals surface area (Å²) in [7, 11) is 3.02. The van der Waals surface area contributed by atoms with E-state index in [0.29, 0.717) is 38.9 Å². The highest BCUT2D eigenvalue weighted by molar-refractivity contribution is 14.0. The number of methoxy groups -OCH3 is 2. The lowest BCUT2D eigenvalue weighted by Gasteiger charge is -2.14. The minimum atomic E-state index is -0.270. The zero-order chi connectivity index (χ0) is 20.6. The van der Waals surface area contributed by atoms with Crippen LogP contribution >= 0.6 is 24.0 Å². The average Bonchev–Trinajstić information content (AvgIpc) is 2.68. The minimum absolute atomic E-state index is 0. The quantitative estimate of drug-likeness (QED) is 0.135. The molecule has 0 aromatic heterocycles. The van der Waals surface area contributed by atoms with Gasteiger partial charge in [-0.15, -0.1) is 24.0 Å². The Labute approximate surface area is 190 Å². The van der Waals surface area contributed by atoms with Gasteiger partial charge in [0.2, 0.25) is 0 Å². The van der Waals surface area contributed by atoms with E-state index in [0.717, 1.165) is 17.9 Å². The normalized spacial score (nSPS) is 11.0. The summed E-state index contributed by atoms with van der Waals surface area (Å²) in [5.41, 5.74) is 0.872. The van der Waals surface area contributed by atoms with E-state index >= 15 is 0 Å². The second-order valence-corrected chi connectivity index (χ2v) is 6.26. The van der Waals surface area contributed by atoms with Crippen molar-refractivity contribution in [2.45, 2.75) is 32.8 Å². The molecule has 0 spiro atoms. The van der Waals surface area contributed by atoms with E-state index in [1.807, 2.05) is 38.1 Å². The van der Waals surface area contributed by atoms with Crippen LogP contribution in [0.5, 0.6) is 5.75 Å². The number of rotatable bonds is 13. The van der Waals surface area contributed by atoms with E-state index in [4.69, 9.17) is 14.2 Å². The third-order valence-electron chi connectivity index (χ3n) is 3.49. The first-order valence-corrected chi connectivity index (χ1v) is 9.50. The molecule has 0 atom stereocenters. The highest BCUT2D eigenvalue weighted by Gasteiger charge is 2.04.